The number of piperidine rings is 1. The highest BCUT2D eigenvalue weighted by atomic mass is 16.5. The van der Waals surface area contributed by atoms with Crippen LogP contribution in [0.25, 0.3) is 0 Å². The fraction of sp³-hybridized carbons (Fsp3) is 0.571. The van der Waals surface area contributed by atoms with Crippen LogP contribution in [-0.2, 0) is 6.54 Å². The fourth-order valence-corrected chi connectivity index (χ4v) is 2.81. The predicted molar refractivity (Wildman–Crippen MR) is 77.9 cm³/mol. The van der Waals surface area contributed by atoms with Crippen molar-refractivity contribution < 1.29 is 9.32 Å². The Labute approximate surface area is 128 Å². The van der Waals surface area contributed by atoms with E-state index in [0.29, 0.717) is 25.3 Å². The number of carbonyl (C=O) groups is 1. The van der Waals surface area contributed by atoms with Gasteiger partial charge in [-0.25, -0.2) is 0 Å². The molecular formula is C14H20N6O2. The molecule has 0 spiro atoms. The molecule has 8 nitrogen and oxygen atoms in total. The van der Waals surface area contributed by atoms with Crippen LogP contribution in [0.15, 0.2) is 16.8 Å². The lowest BCUT2D eigenvalue weighted by Crippen LogP contribution is -2.38. The van der Waals surface area contributed by atoms with Crippen LogP contribution in [0.2, 0.25) is 0 Å². The van der Waals surface area contributed by atoms with Crippen LogP contribution in [0.5, 0.6) is 0 Å². The van der Waals surface area contributed by atoms with Crippen LogP contribution < -0.4 is 5.73 Å². The standard InChI is InChI=1S/C14H20N6O2/c1-10-8-11(17-22-10)13-4-2-3-6-20(13)14(21)12-9-19(7-5-15)18-16-12/h8-9,13H,2-7,15H2,1H3/t13-/m0/s1. The predicted octanol–water partition coefficient (Wildman–Crippen LogP) is 0.901. The van der Waals surface area contributed by atoms with Gasteiger partial charge in [-0.2, -0.15) is 0 Å². The number of likely N-dealkylation sites (tertiary alicyclic amines) is 1. The molecule has 1 aliphatic heterocycles. The van der Waals surface area contributed by atoms with Gasteiger partial charge in [0.25, 0.3) is 5.91 Å². The summed E-state index contributed by atoms with van der Waals surface area (Å²) in [5.41, 5.74) is 6.64. The van der Waals surface area contributed by atoms with Crippen molar-refractivity contribution in [3.05, 3.63) is 29.4 Å². The third-order valence-electron chi connectivity index (χ3n) is 3.87. The summed E-state index contributed by atoms with van der Waals surface area (Å²) in [6.07, 6.45) is 4.58. The molecule has 1 saturated heterocycles. The number of nitrogens with zero attached hydrogens (tertiary/aromatic N) is 5. The first-order chi connectivity index (χ1) is 10.7. The Balaban J connectivity index is 1.81. The summed E-state index contributed by atoms with van der Waals surface area (Å²) in [6, 6.07) is 1.83. The lowest BCUT2D eigenvalue weighted by atomic mass is 9.99. The molecule has 118 valence electrons. The van der Waals surface area contributed by atoms with Gasteiger partial charge in [0, 0.05) is 19.2 Å². The van der Waals surface area contributed by atoms with Crippen molar-refractivity contribution in [2.45, 2.75) is 38.8 Å². The average molecular weight is 304 g/mol. The highest BCUT2D eigenvalue weighted by molar-refractivity contribution is 5.92. The molecule has 0 bridgehead atoms. The molecule has 2 N–H and O–H groups in total. The highest BCUT2D eigenvalue weighted by Crippen LogP contribution is 2.31. The maximum absolute atomic E-state index is 12.7. The summed E-state index contributed by atoms with van der Waals surface area (Å²) in [4.78, 5) is 14.5. The first kappa shape index (κ1) is 14.7. The van der Waals surface area contributed by atoms with Gasteiger partial charge < -0.3 is 15.2 Å². The van der Waals surface area contributed by atoms with E-state index in [9.17, 15) is 4.79 Å². The summed E-state index contributed by atoms with van der Waals surface area (Å²) in [6.45, 7) is 3.55. The van der Waals surface area contributed by atoms with E-state index in [-0.39, 0.29) is 11.9 Å². The third-order valence-corrected chi connectivity index (χ3v) is 3.87. The van der Waals surface area contributed by atoms with Crippen molar-refractivity contribution in [1.82, 2.24) is 25.1 Å². The monoisotopic (exact) mass is 304 g/mol. The van der Waals surface area contributed by atoms with Crippen molar-refractivity contribution >= 4 is 5.91 Å². The molecule has 0 aromatic carbocycles. The number of aryl methyl sites for hydroxylation is 1. The summed E-state index contributed by atoms with van der Waals surface area (Å²) >= 11 is 0. The second-order valence-corrected chi connectivity index (χ2v) is 5.53. The Kier molecular flexibility index (Phi) is 4.19. The van der Waals surface area contributed by atoms with Crippen LogP contribution in [0.1, 0.15) is 47.2 Å². The smallest absolute Gasteiger partial charge is 0.276 e. The Morgan fingerprint density at radius 1 is 1.50 bits per heavy atom. The Morgan fingerprint density at radius 3 is 3.09 bits per heavy atom. The van der Waals surface area contributed by atoms with Crippen molar-refractivity contribution in [3.8, 4) is 0 Å². The van der Waals surface area contributed by atoms with Gasteiger partial charge in [0.1, 0.15) is 11.5 Å². The molecular weight excluding hydrogens is 284 g/mol. The molecule has 0 saturated carbocycles. The van der Waals surface area contributed by atoms with Gasteiger partial charge in [-0.15, -0.1) is 5.10 Å². The van der Waals surface area contributed by atoms with E-state index in [1.165, 1.54) is 0 Å². The average Bonchev–Trinajstić information content (AvgIpc) is 3.16. The van der Waals surface area contributed by atoms with Crippen molar-refractivity contribution in [1.29, 1.82) is 0 Å². The summed E-state index contributed by atoms with van der Waals surface area (Å²) < 4.78 is 6.74. The molecule has 3 heterocycles. The van der Waals surface area contributed by atoms with Gasteiger partial charge in [0.15, 0.2) is 5.69 Å². The van der Waals surface area contributed by atoms with Crippen molar-refractivity contribution in [2.24, 2.45) is 5.73 Å². The van der Waals surface area contributed by atoms with E-state index in [0.717, 1.165) is 30.7 Å². The maximum Gasteiger partial charge on any atom is 0.276 e. The largest absolute Gasteiger partial charge is 0.361 e. The highest BCUT2D eigenvalue weighted by Gasteiger charge is 2.32. The van der Waals surface area contributed by atoms with E-state index in [2.05, 4.69) is 15.5 Å². The molecule has 0 radical (unpaired) electrons. The first-order valence-corrected chi connectivity index (χ1v) is 7.53. The lowest BCUT2D eigenvalue weighted by Gasteiger charge is -2.33. The second kappa shape index (κ2) is 6.27. The summed E-state index contributed by atoms with van der Waals surface area (Å²) in [7, 11) is 0. The molecule has 2 aromatic heterocycles. The minimum Gasteiger partial charge on any atom is -0.361 e. The summed E-state index contributed by atoms with van der Waals surface area (Å²) in [5, 5.41) is 12.0. The fourth-order valence-electron chi connectivity index (χ4n) is 2.81. The van der Waals surface area contributed by atoms with Gasteiger partial charge in [0.2, 0.25) is 0 Å². The number of aromatic nitrogens is 4. The minimum atomic E-state index is -0.117. The van der Waals surface area contributed by atoms with E-state index in [1.54, 1.807) is 10.9 Å². The molecule has 1 fully saturated rings. The van der Waals surface area contributed by atoms with Gasteiger partial charge in [0.05, 0.1) is 18.8 Å². The number of hydrogen-bond acceptors (Lipinski definition) is 6. The number of hydrogen-bond donors (Lipinski definition) is 1. The van der Waals surface area contributed by atoms with Gasteiger partial charge in [-0.05, 0) is 26.2 Å². The number of carbonyl (C=O) groups excluding carboxylic acids is 1. The molecule has 2 aromatic rings. The zero-order chi connectivity index (χ0) is 15.5. The molecule has 0 aliphatic carbocycles. The van der Waals surface area contributed by atoms with E-state index in [4.69, 9.17) is 10.3 Å². The lowest BCUT2D eigenvalue weighted by molar-refractivity contribution is 0.0595. The quantitative estimate of drug-likeness (QED) is 0.900. The number of rotatable bonds is 4. The van der Waals surface area contributed by atoms with E-state index < -0.39 is 0 Å². The van der Waals surface area contributed by atoms with Crippen LogP contribution in [0, 0.1) is 6.92 Å². The number of nitrogens with two attached hydrogens (primary N) is 1. The SMILES string of the molecule is Cc1cc([C@@H]2CCCCN2C(=O)c2cn(CCN)nn2)no1. The molecule has 1 amide bonds. The van der Waals surface area contributed by atoms with E-state index >= 15 is 0 Å². The topological polar surface area (TPSA) is 103 Å². The zero-order valence-corrected chi connectivity index (χ0v) is 12.6. The van der Waals surface area contributed by atoms with Crippen LogP contribution >= 0.6 is 0 Å². The Bertz CT molecular complexity index is 649. The van der Waals surface area contributed by atoms with Crippen LogP contribution in [0.3, 0.4) is 0 Å². The van der Waals surface area contributed by atoms with Crippen LogP contribution in [0.4, 0.5) is 0 Å². The number of amides is 1. The van der Waals surface area contributed by atoms with Gasteiger partial charge in [-0.3, -0.25) is 9.48 Å². The summed E-state index contributed by atoms with van der Waals surface area (Å²) in [5.74, 6) is 0.635. The maximum atomic E-state index is 12.7. The third kappa shape index (κ3) is 2.87. The Hall–Kier alpha value is -2.22. The van der Waals surface area contributed by atoms with Crippen LogP contribution in [-0.4, -0.2) is 44.0 Å². The zero-order valence-electron chi connectivity index (χ0n) is 12.6. The molecule has 3 rings (SSSR count). The molecule has 22 heavy (non-hydrogen) atoms. The van der Waals surface area contributed by atoms with Crippen molar-refractivity contribution in [3.63, 3.8) is 0 Å². The molecule has 1 atom stereocenters. The first-order valence-electron chi connectivity index (χ1n) is 7.53. The second-order valence-electron chi connectivity index (χ2n) is 5.53. The molecule has 8 heteroatoms. The normalized spacial score (nSPS) is 18.6. The Morgan fingerprint density at radius 2 is 2.36 bits per heavy atom. The molecule has 0 unspecified atom stereocenters. The van der Waals surface area contributed by atoms with Crippen molar-refractivity contribution in [2.75, 3.05) is 13.1 Å². The van der Waals surface area contributed by atoms with Gasteiger partial charge in [-0.1, -0.05) is 10.4 Å². The van der Waals surface area contributed by atoms with E-state index in [1.807, 2.05) is 17.9 Å². The van der Waals surface area contributed by atoms with Gasteiger partial charge >= 0.3 is 0 Å². The molecule has 1 aliphatic rings. The minimum absolute atomic E-state index is 0.0571.